The van der Waals surface area contributed by atoms with Crippen LogP contribution >= 0.6 is 11.6 Å². The molecule has 3 aliphatic rings. The van der Waals surface area contributed by atoms with Crippen molar-refractivity contribution in [2.75, 3.05) is 18.6 Å². The Labute approximate surface area is 168 Å². The second kappa shape index (κ2) is 7.46. The lowest BCUT2D eigenvalue weighted by Gasteiger charge is -2.52. The third-order valence-electron chi connectivity index (χ3n) is 7.61. The molecule has 1 aromatic rings. The second-order valence-corrected chi connectivity index (χ2v) is 10.2. The summed E-state index contributed by atoms with van der Waals surface area (Å²) in [5.74, 6) is 2.80. The molecule has 0 aromatic heterocycles. The first-order valence-electron chi connectivity index (χ1n) is 10.7. The average molecular weight is 394 g/mol. The van der Waals surface area contributed by atoms with E-state index in [0.29, 0.717) is 29.1 Å². The fraction of sp³-hybridized carbons (Fsp3) is 0.739. The molecule has 0 saturated heterocycles. The summed E-state index contributed by atoms with van der Waals surface area (Å²) in [5, 5.41) is 0.519. The zero-order valence-corrected chi connectivity index (χ0v) is 17.7. The summed E-state index contributed by atoms with van der Waals surface area (Å²) >= 11 is 6.49. The minimum Gasteiger partial charge on any atom is -0.491 e. The summed E-state index contributed by atoms with van der Waals surface area (Å²) in [4.78, 5) is 2.05. The normalized spacial score (nSPS) is 33.4. The molecule has 0 amide bonds. The molecule has 0 radical (unpaired) electrons. The molecular formula is C23H33ClFNO. The lowest BCUT2D eigenvalue weighted by Crippen LogP contribution is -2.45. The highest BCUT2D eigenvalue weighted by molar-refractivity contribution is 6.32. The van der Waals surface area contributed by atoms with Gasteiger partial charge in [0.05, 0.1) is 17.3 Å². The van der Waals surface area contributed by atoms with E-state index in [1.165, 1.54) is 44.6 Å². The molecule has 3 aliphatic carbocycles. The van der Waals surface area contributed by atoms with Crippen LogP contribution in [0.4, 0.5) is 10.1 Å². The highest BCUT2D eigenvalue weighted by Crippen LogP contribution is 2.54. The van der Waals surface area contributed by atoms with Crippen molar-refractivity contribution in [3.63, 3.8) is 0 Å². The van der Waals surface area contributed by atoms with Crippen LogP contribution in [0.3, 0.4) is 0 Å². The first kappa shape index (κ1) is 19.4. The minimum absolute atomic E-state index is 0.167. The van der Waals surface area contributed by atoms with Gasteiger partial charge in [-0.25, -0.2) is 4.39 Å². The Balaban J connectivity index is 1.44. The third-order valence-corrected chi connectivity index (χ3v) is 7.90. The molecule has 0 N–H and O–H groups in total. The molecule has 0 spiro atoms. The molecule has 3 saturated carbocycles. The van der Waals surface area contributed by atoms with Crippen molar-refractivity contribution in [1.82, 2.24) is 0 Å². The molecule has 150 valence electrons. The fourth-order valence-electron chi connectivity index (χ4n) is 6.00. The Bertz CT molecular complexity index is 679. The summed E-state index contributed by atoms with van der Waals surface area (Å²) in [5.41, 5.74) is 0.759. The van der Waals surface area contributed by atoms with E-state index in [0.717, 1.165) is 30.6 Å². The molecule has 4 atom stereocenters. The first-order valence-corrected chi connectivity index (χ1v) is 11.1. The number of nitrogens with zero attached hydrogens (tertiary/aromatic N) is 1. The van der Waals surface area contributed by atoms with E-state index in [1.54, 1.807) is 6.07 Å². The predicted octanol–water partition coefficient (Wildman–Crippen LogP) is 6.70. The van der Waals surface area contributed by atoms with Gasteiger partial charge in [0, 0.05) is 24.6 Å². The van der Waals surface area contributed by atoms with Crippen molar-refractivity contribution in [3.05, 3.63) is 23.0 Å². The van der Waals surface area contributed by atoms with Crippen LogP contribution in [0.25, 0.3) is 0 Å². The Morgan fingerprint density at radius 3 is 2.56 bits per heavy atom. The van der Waals surface area contributed by atoms with Gasteiger partial charge in [-0.3, -0.25) is 0 Å². The first-order chi connectivity index (χ1) is 12.9. The number of hydrogen-bond donors (Lipinski definition) is 0. The van der Waals surface area contributed by atoms with Crippen molar-refractivity contribution in [2.24, 2.45) is 23.2 Å². The lowest BCUT2D eigenvalue weighted by molar-refractivity contribution is -0.0339. The van der Waals surface area contributed by atoms with Gasteiger partial charge in [-0.05, 0) is 62.3 Å². The molecule has 0 heterocycles. The zero-order chi connectivity index (χ0) is 19.2. The van der Waals surface area contributed by atoms with E-state index in [4.69, 9.17) is 16.3 Å². The molecule has 3 fully saturated rings. The topological polar surface area (TPSA) is 12.5 Å². The van der Waals surface area contributed by atoms with Gasteiger partial charge in [0.2, 0.25) is 0 Å². The molecule has 0 bridgehead atoms. The average Bonchev–Trinajstić information content (AvgIpc) is 3.12. The summed E-state index contributed by atoms with van der Waals surface area (Å²) in [6, 6.07) is 3.66. The van der Waals surface area contributed by atoms with Gasteiger partial charge in [-0.1, -0.05) is 38.3 Å². The Morgan fingerprint density at radius 1 is 1.19 bits per heavy atom. The Kier molecular flexibility index (Phi) is 5.35. The van der Waals surface area contributed by atoms with Crippen LogP contribution in [-0.2, 0) is 0 Å². The lowest BCUT2D eigenvalue weighted by atomic mass is 9.54. The molecule has 27 heavy (non-hydrogen) atoms. The molecular weight excluding hydrogens is 361 g/mol. The van der Waals surface area contributed by atoms with Gasteiger partial charge in [-0.2, -0.15) is 0 Å². The van der Waals surface area contributed by atoms with Crippen LogP contribution in [0, 0.1) is 29.0 Å². The molecule has 1 aromatic carbocycles. The van der Waals surface area contributed by atoms with E-state index in [1.807, 2.05) is 7.05 Å². The van der Waals surface area contributed by atoms with Crippen molar-refractivity contribution in [3.8, 4) is 5.75 Å². The largest absolute Gasteiger partial charge is 0.491 e. The third kappa shape index (κ3) is 3.81. The van der Waals surface area contributed by atoms with Gasteiger partial charge in [0.15, 0.2) is 0 Å². The van der Waals surface area contributed by atoms with Crippen molar-refractivity contribution < 1.29 is 9.13 Å². The highest BCUT2D eigenvalue weighted by atomic mass is 35.5. The van der Waals surface area contributed by atoms with Gasteiger partial charge in [0.25, 0.3) is 0 Å². The summed E-state index contributed by atoms with van der Waals surface area (Å²) < 4.78 is 20.9. The van der Waals surface area contributed by atoms with Crippen LogP contribution in [0.5, 0.6) is 5.75 Å². The quantitative estimate of drug-likeness (QED) is 0.551. The van der Waals surface area contributed by atoms with E-state index < -0.39 is 0 Å². The van der Waals surface area contributed by atoms with E-state index in [9.17, 15) is 4.39 Å². The van der Waals surface area contributed by atoms with Gasteiger partial charge < -0.3 is 9.64 Å². The van der Waals surface area contributed by atoms with Crippen molar-refractivity contribution >= 4 is 17.3 Å². The predicted molar refractivity (Wildman–Crippen MR) is 110 cm³/mol. The molecule has 2 nitrogen and oxygen atoms in total. The van der Waals surface area contributed by atoms with Gasteiger partial charge in [-0.15, -0.1) is 0 Å². The van der Waals surface area contributed by atoms with Crippen LogP contribution in [0.1, 0.15) is 65.2 Å². The number of fused-ring (bicyclic) bond motifs is 1. The second-order valence-electron chi connectivity index (χ2n) is 9.77. The summed E-state index contributed by atoms with van der Waals surface area (Å²) in [6.07, 6.45) is 9.89. The van der Waals surface area contributed by atoms with E-state index >= 15 is 0 Å². The molecule has 2 unspecified atom stereocenters. The SMILES string of the molecule is C[C@H]1CC(C)(COc2cc(F)c(N(C)C3CCCC3)cc2Cl)C[C@@H]2CCC21. The van der Waals surface area contributed by atoms with E-state index in [2.05, 4.69) is 18.7 Å². The summed E-state index contributed by atoms with van der Waals surface area (Å²) in [7, 11) is 1.98. The van der Waals surface area contributed by atoms with Crippen molar-refractivity contribution in [2.45, 2.75) is 71.3 Å². The Morgan fingerprint density at radius 2 is 1.93 bits per heavy atom. The maximum Gasteiger partial charge on any atom is 0.150 e. The van der Waals surface area contributed by atoms with Crippen LogP contribution in [-0.4, -0.2) is 19.7 Å². The zero-order valence-electron chi connectivity index (χ0n) is 16.9. The highest BCUT2D eigenvalue weighted by Gasteiger charge is 2.46. The number of rotatable bonds is 5. The summed E-state index contributed by atoms with van der Waals surface area (Å²) in [6.45, 7) is 5.33. The Hall–Kier alpha value is -0.960. The van der Waals surface area contributed by atoms with Crippen LogP contribution < -0.4 is 9.64 Å². The minimum atomic E-state index is -0.231. The number of halogens is 2. The number of benzene rings is 1. The van der Waals surface area contributed by atoms with Gasteiger partial charge in [0.1, 0.15) is 11.6 Å². The fourth-order valence-corrected chi connectivity index (χ4v) is 6.21. The maximum absolute atomic E-state index is 14.8. The molecule has 4 rings (SSSR count). The monoisotopic (exact) mass is 393 g/mol. The number of anilines is 1. The smallest absolute Gasteiger partial charge is 0.150 e. The van der Waals surface area contributed by atoms with Crippen molar-refractivity contribution in [1.29, 1.82) is 0 Å². The number of hydrogen-bond acceptors (Lipinski definition) is 2. The molecule has 0 aliphatic heterocycles. The van der Waals surface area contributed by atoms with E-state index in [-0.39, 0.29) is 11.2 Å². The number of ether oxygens (including phenoxy) is 1. The van der Waals surface area contributed by atoms with Crippen LogP contribution in [0.2, 0.25) is 5.02 Å². The molecule has 4 heteroatoms. The maximum atomic E-state index is 14.8. The standard InChI is InChI=1S/C23H33ClFNO/c1-15-12-23(2,13-16-8-9-18(15)16)14-27-22-11-20(25)21(10-19(22)24)26(3)17-6-4-5-7-17/h10-11,15-18H,4-9,12-14H2,1-3H3/t15-,16-,18?,23?/m0/s1. The van der Waals surface area contributed by atoms with Gasteiger partial charge >= 0.3 is 0 Å². The van der Waals surface area contributed by atoms with Crippen LogP contribution in [0.15, 0.2) is 12.1 Å².